The number of hydrogen-bond acceptors (Lipinski definition) is 4. The predicted octanol–water partition coefficient (Wildman–Crippen LogP) is 3.45. The molecule has 1 atom stereocenters. The molecule has 1 unspecified atom stereocenters. The third-order valence-corrected chi connectivity index (χ3v) is 4.26. The standard InChI is InChI=1S/C19H23NO4/c1-12(2)23-14-6-7-15-16(10-18(21)24-17(15)9-14)19(22)20-8-4-5-13(3)11-20/h6-7,9-10,12-13H,4-5,8,11H2,1-3H3. The second-order valence-electron chi connectivity index (χ2n) is 6.80. The molecule has 1 aliphatic heterocycles. The first kappa shape index (κ1) is 16.6. The summed E-state index contributed by atoms with van der Waals surface area (Å²) in [5, 5.41) is 0.647. The quantitative estimate of drug-likeness (QED) is 0.809. The van der Waals surface area contributed by atoms with Gasteiger partial charge >= 0.3 is 5.63 Å². The Hall–Kier alpha value is -2.30. The Morgan fingerprint density at radius 1 is 1.33 bits per heavy atom. The minimum atomic E-state index is -0.516. The highest BCUT2D eigenvalue weighted by atomic mass is 16.5. The number of carbonyl (C=O) groups is 1. The maximum absolute atomic E-state index is 12.9. The van der Waals surface area contributed by atoms with E-state index in [2.05, 4.69) is 6.92 Å². The van der Waals surface area contributed by atoms with Crippen LogP contribution in [0.15, 0.2) is 33.5 Å². The van der Waals surface area contributed by atoms with E-state index in [-0.39, 0.29) is 12.0 Å². The first-order valence-corrected chi connectivity index (χ1v) is 8.48. The van der Waals surface area contributed by atoms with Crippen LogP contribution >= 0.6 is 0 Å². The second kappa shape index (κ2) is 6.67. The molecule has 0 aliphatic carbocycles. The minimum absolute atomic E-state index is 0.0221. The van der Waals surface area contributed by atoms with Crippen molar-refractivity contribution < 1.29 is 13.9 Å². The number of nitrogens with zero attached hydrogens (tertiary/aromatic N) is 1. The van der Waals surface area contributed by atoms with Crippen LogP contribution in [-0.4, -0.2) is 30.0 Å². The van der Waals surface area contributed by atoms with Crippen LogP contribution in [0.2, 0.25) is 0 Å². The Labute approximate surface area is 141 Å². The molecule has 0 radical (unpaired) electrons. The van der Waals surface area contributed by atoms with Crippen LogP contribution in [0.1, 0.15) is 44.0 Å². The molecule has 24 heavy (non-hydrogen) atoms. The average molecular weight is 329 g/mol. The lowest BCUT2D eigenvalue weighted by Gasteiger charge is -2.31. The van der Waals surface area contributed by atoms with Crippen LogP contribution in [0, 0.1) is 5.92 Å². The molecule has 3 rings (SSSR count). The fourth-order valence-corrected chi connectivity index (χ4v) is 3.21. The van der Waals surface area contributed by atoms with Gasteiger partial charge in [0.1, 0.15) is 11.3 Å². The molecule has 0 bridgehead atoms. The number of benzene rings is 1. The number of amides is 1. The van der Waals surface area contributed by atoms with Crippen molar-refractivity contribution in [2.24, 2.45) is 5.92 Å². The van der Waals surface area contributed by atoms with Gasteiger partial charge in [-0.1, -0.05) is 6.92 Å². The zero-order valence-electron chi connectivity index (χ0n) is 14.4. The molecule has 1 aliphatic rings. The van der Waals surface area contributed by atoms with E-state index < -0.39 is 5.63 Å². The summed E-state index contributed by atoms with van der Waals surface area (Å²) in [4.78, 5) is 26.6. The van der Waals surface area contributed by atoms with Gasteiger partial charge in [-0.05, 0) is 44.7 Å². The molecule has 0 spiro atoms. The number of rotatable bonds is 3. The maximum atomic E-state index is 12.9. The van der Waals surface area contributed by atoms with Gasteiger partial charge in [-0.3, -0.25) is 4.79 Å². The SMILES string of the molecule is CC1CCCN(C(=O)c2cc(=O)oc3cc(OC(C)C)ccc23)C1. The van der Waals surface area contributed by atoms with Crippen LogP contribution in [0.3, 0.4) is 0 Å². The Morgan fingerprint density at radius 2 is 2.12 bits per heavy atom. The number of hydrogen-bond donors (Lipinski definition) is 0. The van der Waals surface area contributed by atoms with E-state index in [9.17, 15) is 9.59 Å². The fraction of sp³-hybridized carbons (Fsp3) is 0.474. The molecule has 0 saturated carbocycles. The van der Waals surface area contributed by atoms with Gasteiger partial charge in [-0.15, -0.1) is 0 Å². The lowest BCUT2D eigenvalue weighted by molar-refractivity contribution is 0.0684. The number of fused-ring (bicyclic) bond motifs is 1. The molecule has 2 aromatic rings. The van der Waals surface area contributed by atoms with Crippen LogP contribution < -0.4 is 10.4 Å². The van der Waals surface area contributed by atoms with Gasteiger partial charge in [0.2, 0.25) is 0 Å². The van der Waals surface area contributed by atoms with Gasteiger partial charge in [0.05, 0.1) is 11.7 Å². The van der Waals surface area contributed by atoms with E-state index >= 15 is 0 Å². The molecule has 1 aromatic carbocycles. The maximum Gasteiger partial charge on any atom is 0.337 e. The second-order valence-corrected chi connectivity index (χ2v) is 6.80. The molecule has 1 fully saturated rings. The smallest absolute Gasteiger partial charge is 0.337 e. The molecule has 1 amide bonds. The molecule has 128 valence electrons. The summed E-state index contributed by atoms with van der Waals surface area (Å²) >= 11 is 0. The minimum Gasteiger partial charge on any atom is -0.491 e. The monoisotopic (exact) mass is 329 g/mol. The Morgan fingerprint density at radius 3 is 2.83 bits per heavy atom. The number of likely N-dealkylation sites (tertiary alicyclic amines) is 1. The lowest BCUT2D eigenvalue weighted by atomic mass is 9.99. The normalized spacial score (nSPS) is 18.2. The molecular weight excluding hydrogens is 306 g/mol. The van der Waals surface area contributed by atoms with Gasteiger partial charge in [-0.2, -0.15) is 0 Å². The number of piperidine rings is 1. The van der Waals surface area contributed by atoms with Crippen molar-refractivity contribution in [3.05, 3.63) is 40.2 Å². The Kier molecular flexibility index (Phi) is 4.60. The summed E-state index contributed by atoms with van der Waals surface area (Å²) in [5.74, 6) is 1.01. The van der Waals surface area contributed by atoms with Gasteiger partial charge in [0.15, 0.2) is 0 Å². The van der Waals surface area contributed by atoms with Crippen molar-refractivity contribution in [2.75, 3.05) is 13.1 Å². The van der Waals surface area contributed by atoms with Crippen LogP contribution in [0.5, 0.6) is 5.75 Å². The topological polar surface area (TPSA) is 59.8 Å². The lowest BCUT2D eigenvalue weighted by Crippen LogP contribution is -2.39. The van der Waals surface area contributed by atoms with Gasteiger partial charge < -0.3 is 14.1 Å². The molecule has 1 aromatic heterocycles. The molecule has 5 nitrogen and oxygen atoms in total. The van der Waals surface area contributed by atoms with Gasteiger partial charge in [0, 0.05) is 30.6 Å². The van der Waals surface area contributed by atoms with E-state index in [0.29, 0.717) is 28.2 Å². The van der Waals surface area contributed by atoms with Gasteiger partial charge in [-0.25, -0.2) is 4.79 Å². The molecule has 0 N–H and O–H groups in total. The summed E-state index contributed by atoms with van der Waals surface area (Å²) in [6.45, 7) is 7.47. The van der Waals surface area contributed by atoms with E-state index in [1.807, 2.05) is 18.7 Å². The first-order chi connectivity index (χ1) is 11.4. The number of carbonyl (C=O) groups excluding carboxylic acids is 1. The molecule has 2 heterocycles. The summed E-state index contributed by atoms with van der Waals surface area (Å²) in [5.41, 5.74) is 0.276. The average Bonchev–Trinajstić information content (AvgIpc) is 2.52. The summed E-state index contributed by atoms with van der Waals surface area (Å²) in [7, 11) is 0. The fourth-order valence-electron chi connectivity index (χ4n) is 3.21. The van der Waals surface area contributed by atoms with Crippen molar-refractivity contribution in [1.82, 2.24) is 4.90 Å². The molecular formula is C19H23NO4. The third kappa shape index (κ3) is 3.45. The Balaban J connectivity index is 2.01. The summed E-state index contributed by atoms with van der Waals surface area (Å²) < 4.78 is 10.9. The summed E-state index contributed by atoms with van der Waals surface area (Å²) in [6, 6.07) is 6.56. The highest BCUT2D eigenvalue weighted by molar-refractivity contribution is 6.05. The van der Waals surface area contributed by atoms with E-state index in [4.69, 9.17) is 9.15 Å². The van der Waals surface area contributed by atoms with E-state index in [1.165, 1.54) is 6.07 Å². The van der Waals surface area contributed by atoms with E-state index in [0.717, 1.165) is 25.9 Å². The zero-order valence-corrected chi connectivity index (χ0v) is 14.4. The molecule has 1 saturated heterocycles. The Bertz CT molecular complexity index is 809. The highest BCUT2D eigenvalue weighted by Gasteiger charge is 2.24. The largest absolute Gasteiger partial charge is 0.491 e. The van der Waals surface area contributed by atoms with Crippen molar-refractivity contribution >= 4 is 16.9 Å². The van der Waals surface area contributed by atoms with Crippen LogP contribution in [-0.2, 0) is 0 Å². The highest BCUT2D eigenvalue weighted by Crippen LogP contribution is 2.25. The number of ether oxygens (including phenoxy) is 1. The van der Waals surface area contributed by atoms with Crippen LogP contribution in [0.4, 0.5) is 0 Å². The zero-order chi connectivity index (χ0) is 17.3. The van der Waals surface area contributed by atoms with Crippen molar-refractivity contribution in [3.63, 3.8) is 0 Å². The van der Waals surface area contributed by atoms with Crippen molar-refractivity contribution in [3.8, 4) is 5.75 Å². The van der Waals surface area contributed by atoms with Crippen LogP contribution in [0.25, 0.3) is 11.0 Å². The third-order valence-electron chi connectivity index (χ3n) is 4.26. The van der Waals surface area contributed by atoms with Gasteiger partial charge in [0.25, 0.3) is 5.91 Å². The van der Waals surface area contributed by atoms with Crippen molar-refractivity contribution in [2.45, 2.75) is 39.7 Å². The summed E-state index contributed by atoms with van der Waals surface area (Å²) in [6.07, 6.45) is 2.16. The molecule has 5 heteroatoms. The predicted molar refractivity (Wildman–Crippen MR) is 92.5 cm³/mol. The first-order valence-electron chi connectivity index (χ1n) is 8.48. The van der Waals surface area contributed by atoms with Crippen molar-refractivity contribution in [1.29, 1.82) is 0 Å². The van der Waals surface area contributed by atoms with E-state index in [1.54, 1.807) is 18.2 Å².